The van der Waals surface area contributed by atoms with Gasteiger partial charge in [-0.15, -0.1) is 0 Å². The molecule has 0 aliphatic rings. The lowest BCUT2D eigenvalue weighted by Crippen LogP contribution is -1.95. The Morgan fingerprint density at radius 2 is 1.70 bits per heavy atom. The molecular weight excluding hydrogens is 380 g/mol. The Bertz CT molecular complexity index is 1250. The van der Waals surface area contributed by atoms with Crippen molar-refractivity contribution in [3.63, 3.8) is 0 Å². The van der Waals surface area contributed by atoms with E-state index in [0.717, 1.165) is 22.8 Å². The molecule has 0 saturated heterocycles. The Kier molecular flexibility index (Phi) is 5.72. The number of nitrogens with zero attached hydrogens (tertiary/aromatic N) is 1. The van der Waals surface area contributed by atoms with E-state index in [1.54, 1.807) is 36.5 Å². The van der Waals surface area contributed by atoms with Crippen LogP contribution in [0.15, 0.2) is 72.9 Å². The standard InChI is InChI=1S/C26H19F2NO/c1-2-13-30-24-11-12-26(29-17-24)22-8-7-19(25(28)16-22)5-3-18-4-6-21-15-23(27)10-9-20(21)14-18/h4,6-12,14-17H,2,13H2,1H3. The highest BCUT2D eigenvalue weighted by molar-refractivity contribution is 5.84. The highest BCUT2D eigenvalue weighted by Gasteiger charge is 2.05. The molecule has 1 aromatic heterocycles. The van der Waals surface area contributed by atoms with Crippen LogP contribution in [0.3, 0.4) is 0 Å². The molecule has 2 nitrogen and oxygen atoms in total. The van der Waals surface area contributed by atoms with Crippen LogP contribution in [-0.2, 0) is 0 Å². The number of hydrogen-bond donors (Lipinski definition) is 0. The number of pyridine rings is 1. The molecule has 148 valence electrons. The smallest absolute Gasteiger partial charge is 0.139 e. The zero-order chi connectivity index (χ0) is 20.9. The van der Waals surface area contributed by atoms with Gasteiger partial charge in [0.25, 0.3) is 0 Å². The second-order valence-corrected chi connectivity index (χ2v) is 6.88. The molecule has 30 heavy (non-hydrogen) atoms. The highest BCUT2D eigenvalue weighted by atomic mass is 19.1. The predicted octanol–water partition coefficient (Wildman–Crippen LogP) is 6.37. The molecule has 0 N–H and O–H groups in total. The topological polar surface area (TPSA) is 22.1 Å². The fourth-order valence-electron chi connectivity index (χ4n) is 3.07. The molecule has 0 atom stereocenters. The molecule has 0 saturated carbocycles. The SMILES string of the molecule is CCCOc1ccc(-c2ccc(C#Cc3ccc4cc(F)ccc4c3)c(F)c2)nc1. The fraction of sp³-hybridized carbons (Fsp3) is 0.115. The summed E-state index contributed by atoms with van der Waals surface area (Å²) in [6, 6.07) is 18.6. The zero-order valence-electron chi connectivity index (χ0n) is 16.5. The Labute approximate surface area is 174 Å². The van der Waals surface area contributed by atoms with Crippen LogP contribution in [0.25, 0.3) is 22.0 Å². The van der Waals surface area contributed by atoms with Gasteiger partial charge in [-0.1, -0.05) is 37.0 Å². The van der Waals surface area contributed by atoms with Crippen LogP contribution in [0, 0.1) is 23.5 Å². The normalized spacial score (nSPS) is 10.5. The van der Waals surface area contributed by atoms with Gasteiger partial charge in [0.05, 0.1) is 24.1 Å². The van der Waals surface area contributed by atoms with Gasteiger partial charge in [0, 0.05) is 11.1 Å². The van der Waals surface area contributed by atoms with Gasteiger partial charge in [-0.2, -0.15) is 0 Å². The Balaban J connectivity index is 1.55. The minimum Gasteiger partial charge on any atom is -0.492 e. The number of ether oxygens (including phenoxy) is 1. The minimum absolute atomic E-state index is 0.277. The monoisotopic (exact) mass is 399 g/mol. The third-order valence-electron chi connectivity index (χ3n) is 4.62. The van der Waals surface area contributed by atoms with E-state index in [1.165, 1.54) is 18.2 Å². The Hall–Kier alpha value is -3.71. The third kappa shape index (κ3) is 4.47. The number of rotatable bonds is 4. The van der Waals surface area contributed by atoms with Gasteiger partial charge in [-0.05, 0) is 65.7 Å². The number of halogens is 2. The molecule has 4 rings (SSSR count). The van der Waals surface area contributed by atoms with Crippen molar-refractivity contribution >= 4 is 10.8 Å². The van der Waals surface area contributed by atoms with Gasteiger partial charge in [0.1, 0.15) is 17.4 Å². The lowest BCUT2D eigenvalue weighted by atomic mass is 10.1. The molecule has 4 heteroatoms. The van der Waals surface area contributed by atoms with Crippen molar-refractivity contribution in [2.75, 3.05) is 6.61 Å². The van der Waals surface area contributed by atoms with Crippen LogP contribution in [0.5, 0.6) is 5.75 Å². The van der Waals surface area contributed by atoms with Crippen molar-refractivity contribution in [2.24, 2.45) is 0 Å². The van der Waals surface area contributed by atoms with Crippen molar-refractivity contribution < 1.29 is 13.5 Å². The summed E-state index contributed by atoms with van der Waals surface area (Å²) in [5, 5.41) is 1.69. The molecule has 0 aliphatic heterocycles. The first kappa shape index (κ1) is 19.6. The van der Waals surface area contributed by atoms with Gasteiger partial charge in [0.15, 0.2) is 0 Å². The van der Waals surface area contributed by atoms with Gasteiger partial charge in [-0.3, -0.25) is 4.98 Å². The summed E-state index contributed by atoms with van der Waals surface area (Å²) in [7, 11) is 0. The van der Waals surface area contributed by atoms with Crippen molar-refractivity contribution in [1.82, 2.24) is 4.98 Å². The number of fused-ring (bicyclic) bond motifs is 1. The van der Waals surface area contributed by atoms with Crippen molar-refractivity contribution in [3.8, 4) is 28.8 Å². The quantitative estimate of drug-likeness (QED) is 0.372. The average Bonchev–Trinajstić information content (AvgIpc) is 2.77. The molecule has 0 spiro atoms. The third-order valence-corrected chi connectivity index (χ3v) is 4.62. The van der Waals surface area contributed by atoms with Crippen molar-refractivity contribution in [3.05, 3.63) is 95.7 Å². The van der Waals surface area contributed by atoms with E-state index < -0.39 is 5.82 Å². The minimum atomic E-state index is -0.407. The van der Waals surface area contributed by atoms with Crippen LogP contribution < -0.4 is 4.74 Å². The maximum atomic E-state index is 14.6. The second kappa shape index (κ2) is 8.75. The predicted molar refractivity (Wildman–Crippen MR) is 115 cm³/mol. The number of aromatic nitrogens is 1. The van der Waals surface area contributed by atoms with Crippen LogP contribution >= 0.6 is 0 Å². The van der Waals surface area contributed by atoms with E-state index in [9.17, 15) is 8.78 Å². The first-order valence-electron chi connectivity index (χ1n) is 9.72. The summed E-state index contributed by atoms with van der Waals surface area (Å²) in [4.78, 5) is 4.35. The van der Waals surface area contributed by atoms with E-state index in [1.807, 2.05) is 25.1 Å². The summed E-state index contributed by atoms with van der Waals surface area (Å²) in [6.45, 7) is 2.67. The molecular formula is C26H19F2NO. The first-order chi connectivity index (χ1) is 14.6. The van der Waals surface area contributed by atoms with E-state index >= 15 is 0 Å². The lowest BCUT2D eigenvalue weighted by Gasteiger charge is -2.06. The molecule has 0 amide bonds. The van der Waals surface area contributed by atoms with Crippen LogP contribution in [-0.4, -0.2) is 11.6 Å². The van der Waals surface area contributed by atoms with Gasteiger partial charge >= 0.3 is 0 Å². The first-order valence-corrected chi connectivity index (χ1v) is 9.72. The van der Waals surface area contributed by atoms with E-state index in [2.05, 4.69) is 16.8 Å². The molecule has 0 radical (unpaired) electrons. The Morgan fingerprint density at radius 1 is 0.867 bits per heavy atom. The van der Waals surface area contributed by atoms with E-state index in [0.29, 0.717) is 29.2 Å². The molecule has 0 unspecified atom stereocenters. The molecule has 1 heterocycles. The van der Waals surface area contributed by atoms with Gasteiger partial charge in [0.2, 0.25) is 0 Å². The largest absolute Gasteiger partial charge is 0.492 e. The maximum Gasteiger partial charge on any atom is 0.139 e. The van der Waals surface area contributed by atoms with Gasteiger partial charge in [-0.25, -0.2) is 8.78 Å². The van der Waals surface area contributed by atoms with Crippen LogP contribution in [0.4, 0.5) is 8.78 Å². The molecule has 0 aliphatic carbocycles. The fourth-order valence-corrected chi connectivity index (χ4v) is 3.07. The van der Waals surface area contributed by atoms with Crippen molar-refractivity contribution in [1.29, 1.82) is 0 Å². The summed E-state index contributed by atoms with van der Waals surface area (Å²) < 4.78 is 33.4. The molecule has 3 aromatic carbocycles. The number of benzene rings is 3. The van der Waals surface area contributed by atoms with Crippen LogP contribution in [0.2, 0.25) is 0 Å². The Morgan fingerprint density at radius 3 is 2.47 bits per heavy atom. The molecule has 0 fully saturated rings. The summed E-state index contributed by atoms with van der Waals surface area (Å²) in [6.07, 6.45) is 2.56. The van der Waals surface area contributed by atoms with Crippen LogP contribution in [0.1, 0.15) is 24.5 Å². The molecule has 0 bridgehead atoms. The average molecular weight is 399 g/mol. The summed E-state index contributed by atoms with van der Waals surface area (Å²) in [5.41, 5.74) is 2.38. The van der Waals surface area contributed by atoms with E-state index in [-0.39, 0.29) is 5.82 Å². The second-order valence-electron chi connectivity index (χ2n) is 6.88. The highest BCUT2D eigenvalue weighted by Crippen LogP contribution is 2.22. The lowest BCUT2D eigenvalue weighted by molar-refractivity contribution is 0.316. The number of hydrogen-bond acceptors (Lipinski definition) is 2. The molecule has 4 aromatic rings. The maximum absolute atomic E-state index is 14.6. The van der Waals surface area contributed by atoms with Crippen molar-refractivity contribution in [2.45, 2.75) is 13.3 Å². The summed E-state index contributed by atoms with van der Waals surface area (Å²) >= 11 is 0. The summed E-state index contributed by atoms with van der Waals surface area (Å²) in [5.74, 6) is 5.87. The van der Waals surface area contributed by atoms with E-state index in [4.69, 9.17) is 4.74 Å². The van der Waals surface area contributed by atoms with Gasteiger partial charge < -0.3 is 4.74 Å². The zero-order valence-corrected chi connectivity index (χ0v) is 16.5.